The Morgan fingerprint density at radius 2 is 2.38 bits per heavy atom. The molecule has 0 fully saturated rings. The minimum Gasteiger partial charge on any atom is -0.382 e. The molecule has 2 heterocycles. The molecule has 0 aliphatic carbocycles. The van der Waals surface area contributed by atoms with Crippen molar-refractivity contribution in [2.24, 2.45) is 0 Å². The molecule has 13 heavy (non-hydrogen) atoms. The summed E-state index contributed by atoms with van der Waals surface area (Å²) in [6, 6.07) is 1.80. The third kappa shape index (κ3) is 1.07. The zero-order chi connectivity index (χ0) is 9.59. The van der Waals surface area contributed by atoms with Gasteiger partial charge < -0.3 is 10.6 Å². The van der Waals surface area contributed by atoms with E-state index in [1.54, 1.807) is 22.7 Å². The van der Waals surface area contributed by atoms with Gasteiger partial charge in [0.25, 0.3) is 5.91 Å². The summed E-state index contributed by atoms with van der Waals surface area (Å²) in [7, 11) is 1.79. The number of anilines is 1. The van der Waals surface area contributed by atoms with Crippen LogP contribution < -0.4 is 5.73 Å². The van der Waals surface area contributed by atoms with Crippen LogP contribution in [0.2, 0.25) is 0 Å². The monoisotopic (exact) mass is 180 g/mol. The average molecular weight is 180 g/mol. The lowest BCUT2D eigenvalue weighted by Crippen LogP contribution is -2.43. The molecule has 0 unspecified atom stereocenters. The van der Waals surface area contributed by atoms with Crippen molar-refractivity contribution in [3.05, 3.63) is 11.8 Å². The Balaban J connectivity index is 2.48. The van der Waals surface area contributed by atoms with Gasteiger partial charge in [-0.2, -0.15) is 5.10 Å². The molecule has 0 radical (unpaired) electrons. The number of nitrogens with two attached hydrogens (primary N) is 1. The third-order valence-corrected chi connectivity index (χ3v) is 2.44. The molecule has 0 spiro atoms. The van der Waals surface area contributed by atoms with E-state index in [9.17, 15) is 4.79 Å². The standard InChI is InChI=1S/C8H12N4O/c1-5-4-12-6(3-7(9)10-12)8(13)11(5)2/h3,5H,4H2,1-2H3,(H2,9,10)/t5-/m0/s1. The molecule has 2 rings (SSSR count). The Morgan fingerprint density at radius 3 is 3.08 bits per heavy atom. The zero-order valence-corrected chi connectivity index (χ0v) is 7.69. The summed E-state index contributed by atoms with van der Waals surface area (Å²) in [5, 5.41) is 4.03. The van der Waals surface area contributed by atoms with Crippen LogP contribution in [0.15, 0.2) is 6.07 Å². The fourth-order valence-electron chi connectivity index (χ4n) is 1.50. The smallest absolute Gasteiger partial charge is 0.272 e. The lowest BCUT2D eigenvalue weighted by atomic mass is 10.2. The van der Waals surface area contributed by atoms with E-state index in [-0.39, 0.29) is 11.9 Å². The molecular formula is C8H12N4O. The number of likely N-dealkylation sites (N-methyl/N-ethyl adjacent to an activating group) is 1. The highest BCUT2D eigenvalue weighted by molar-refractivity contribution is 5.94. The number of rotatable bonds is 0. The highest BCUT2D eigenvalue weighted by atomic mass is 16.2. The third-order valence-electron chi connectivity index (χ3n) is 2.44. The van der Waals surface area contributed by atoms with Crippen molar-refractivity contribution >= 4 is 11.7 Å². The van der Waals surface area contributed by atoms with Gasteiger partial charge in [0.15, 0.2) is 0 Å². The van der Waals surface area contributed by atoms with E-state index >= 15 is 0 Å². The zero-order valence-electron chi connectivity index (χ0n) is 7.69. The molecule has 1 aromatic heterocycles. The predicted molar refractivity (Wildman–Crippen MR) is 48.2 cm³/mol. The molecule has 2 N–H and O–H groups in total. The van der Waals surface area contributed by atoms with Gasteiger partial charge in [-0.05, 0) is 6.92 Å². The quantitative estimate of drug-likeness (QED) is 0.608. The van der Waals surface area contributed by atoms with Gasteiger partial charge in [0.1, 0.15) is 11.5 Å². The van der Waals surface area contributed by atoms with E-state index < -0.39 is 0 Å². The molecule has 5 nitrogen and oxygen atoms in total. The molecule has 1 atom stereocenters. The Kier molecular flexibility index (Phi) is 1.55. The molecule has 0 bridgehead atoms. The van der Waals surface area contributed by atoms with Crippen LogP contribution in [0.4, 0.5) is 5.82 Å². The van der Waals surface area contributed by atoms with Crippen LogP contribution in [0.25, 0.3) is 0 Å². The van der Waals surface area contributed by atoms with Gasteiger partial charge in [-0.1, -0.05) is 0 Å². The average Bonchev–Trinajstić information content (AvgIpc) is 2.42. The normalized spacial score (nSPS) is 21.8. The Labute approximate surface area is 76.1 Å². The Hall–Kier alpha value is -1.52. The fourth-order valence-corrected chi connectivity index (χ4v) is 1.50. The van der Waals surface area contributed by atoms with Crippen LogP contribution >= 0.6 is 0 Å². The molecule has 0 saturated carbocycles. The topological polar surface area (TPSA) is 64.2 Å². The number of hydrogen-bond acceptors (Lipinski definition) is 3. The second-order valence-corrected chi connectivity index (χ2v) is 3.40. The molecule has 0 aromatic carbocycles. The van der Waals surface area contributed by atoms with Crippen molar-refractivity contribution < 1.29 is 4.79 Å². The maximum atomic E-state index is 11.6. The van der Waals surface area contributed by atoms with Crippen molar-refractivity contribution in [1.29, 1.82) is 0 Å². The summed E-state index contributed by atoms with van der Waals surface area (Å²) >= 11 is 0. The number of hydrogen-bond donors (Lipinski definition) is 1. The Bertz CT molecular complexity index is 357. The molecule has 1 aliphatic rings. The van der Waals surface area contributed by atoms with Crippen molar-refractivity contribution in [2.75, 3.05) is 12.8 Å². The number of fused-ring (bicyclic) bond motifs is 1. The minimum atomic E-state index is -0.0112. The Morgan fingerprint density at radius 1 is 1.69 bits per heavy atom. The fraction of sp³-hybridized carbons (Fsp3) is 0.500. The maximum Gasteiger partial charge on any atom is 0.272 e. The number of carbonyl (C=O) groups is 1. The summed E-state index contributed by atoms with van der Waals surface area (Å²) in [6.07, 6.45) is 0. The molecule has 0 saturated heterocycles. The number of amides is 1. The van der Waals surface area contributed by atoms with E-state index in [1.807, 2.05) is 6.92 Å². The van der Waals surface area contributed by atoms with Crippen molar-refractivity contribution in [1.82, 2.24) is 14.7 Å². The van der Waals surface area contributed by atoms with Crippen LogP contribution in [-0.4, -0.2) is 33.7 Å². The second-order valence-electron chi connectivity index (χ2n) is 3.40. The van der Waals surface area contributed by atoms with Gasteiger partial charge in [0.05, 0.1) is 6.54 Å². The lowest BCUT2D eigenvalue weighted by molar-refractivity contribution is 0.0665. The molecule has 70 valence electrons. The van der Waals surface area contributed by atoms with Crippen LogP contribution in [0.3, 0.4) is 0 Å². The van der Waals surface area contributed by atoms with Gasteiger partial charge >= 0.3 is 0 Å². The first kappa shape index (κ1) is 8.10. The maximum absolute atomic E-state index is 11.6. The summed E-state index contributed by atoms with van der Waals surface area (Å²) in [5.74, 6) is 0.397. The van der Waals surface area contributed by atoms with Gasteiger partial charge in [0.2, 0.25) is 0 Å². The van der Waals surface area contributed by atoms with Gasteiger partial charge in [-0.25, -0.2) is 0 Å². The first-order chi connectivity index (χ1) is 6.09. The van der Waals surface area contributed by atoms with Crippen LogP contribution in [-0.2, 0) is 6.54 Å². The largest absolute Gasteiger partial charge is 0.382 e. The number of carbonyl (C=O) groups excluding carboxylic acids is 1. The van der Waals surface area contributed by atoms with Gasteiger partial charge in [-0.3, -0.25) is 9.48 Å². The second kappa shape index (κ2) is 2.48. The van der Waals surface area contributed by atoms with Crippen molar-refractivity contribution in [3.8, 4) is 0 Å². The minimum absolute atomic E-state index is 0.0112. The van der Waals surface area contributed by atoms with Crippen molar-refractivity contribution in [3.63, 3.8) is 0 Å². The highest BCUT2D eigenvalue weighted by Crippen LogP contribution is 2.17. The summed E-state index contributed by atoms with van der Waals surface area (Å²) in [6.45, 7) is 2.70. The summed E-state index contributed by atoms with van der Waals surface area (Å²) in [4.78, 5) is 13.4. The van der Waals surface area contributed by atoms with Crippen LogP contribution in [0, 0.1) is 0 Å². The summed E-state index contributed by atoms with van der Waals surface area (Å²) in [5.41, 5.74) is 6.09. The van der Waals surface area contributed by atoms with E-state index in [0.717, 1.165) is 6.54 Å². The van der Waals surface area contributed by atoms with Crippen LogP contribution in [0.5, 0.6) is 0 Å². The van der Waals surface area contributed by atoms with E-state index in [2.05, 4.69) is 5.10 Å². The summed E-state index contributed by atoms with van der Waals surface area (Å²) < 4.78 is 1.67. The molecule has 1 aliphatic heterocycles. The van der Waals surface area contributed by atoms with Crippen molar-refractivity contribution in [2.45, 2.75) is 19.5 Å². The molecule has 5 heteroatoms. The predicted octanol–water partition coefficient (Wildman–Crippen LogP) is -0.0606. The van der Waals surface area contributed by atoms with E-state index in [4.69, 9.17) is 5.73 Å². The van der Waals surface area contributed by atoms with E-state index in [1.165, 1.54) is 0 Å². The number of nitrogen functional groups attached to an aromatic ring is 1. The highest BCUT2D eigenvalue weighted by Gasteiger charge is 2.27. The molecule has 1 aromatic rings. The van der Waals surface area contributed by atoms with Gasteiger partial charge in [-0.15, -0.1) is 0 Å². The van der Waals surface area contributed by atoms with Crippen LogP contribution in [0.1, 0.15) is 17.4 Å². The number of aromatic nitrogens is 2. The molecule has 1 amide bonds. The van der Waals surface area contributed by atoms with Gasteiger partial charge in [0, 0.05) is 19.2 Å². The van der Waals surface area contributed by atoms with E-state index in [0.29, 0.717) is 11.5 Å². The number of nitrogens with zero attached hydrogens (tertiary/aromatic N) is 3. The molecular weight excluding hydrogens is 168 g/mol. The first-order valence-electron chi connectivity index (χ1n) is 4.20. The lowest BCUT2D eigenvalue weighted by Gasteiger charge is -2.29. The SMILES string of the molecule is C[C@H]1Cn2nc(N)cc2C(=O)N1C. The first-order valence-corrected chi connectivity index (χ1v) is 4.20.